The lowest BCUT2D eigenvalue weighted by molar-refractivity contribution is 0.131. The van der Waals surface area contributed by atoms with Crippen molar-refractivity contribution >= 4 is 11.6 Å². The first-order valence-electron chi connectivity index (χ1n) is 7.20. The van der Waals surface area contributed by atoms with E-state index >= 15 is 0 Å². The Morgan fingerprint density at radius 3 is 2.68 bits per heavy atom. The number of rotatable bonds is 10. The van der Waals surface area contributed by atoms with Crippen LogP contribution in [0.4, 0.5) is 11.6 Å². The minimum atomic E-state index is 0.582. The van der Waals surface area contributed by atoms with Gasteiger partial charge in [0.2, 0.25) is 0 Å². The standard InChI is InChI=1S/C14H26N4O/c1-3-5-9-19-10-6-8-16-14-12(7-4-2)13(15)17-11-18-14/h11H,3-10H2,1-2H3,(H3,15,16,17,18). The molecule has 0 spiro atoms. The van der Waals surface area contributed by atoms with Gasteiger partial charge in [-0.3, -0.25) is 0 Å². The normalized spacial score (nSPS) is 10.6. The zero-order valence-electron chi connectivity index (χ0n) is 12.1. The second-order valence-electron chi connectivity index (χ2n) is 4.58. The van der Waals surface area contributed by atoms with Crippen LogP contribution in [0, 0.1) is 0 Å². The Kier molecular flexibility index (Phi) is 7.89. The number of nitrogens with two attached hydrogens (primary N) is 1. The highest BCUT2D eigenvalue weighted by Gasteiger charge is 2.07. The van der Waals surface area contributed by atoms with Crippen LogP contribution in [-0.4, -0.2) is 29.7 Å². The zero-order chi connectivity index (χ0) is 13.9. The minimum Gasteiger partial charge on any atom is -0.383 e. The fourth-order valence-electron chi connectivity index (χ4n) is 1.80. The molecule has 0 fully saturated rings. The summed E-state index contributed by atoms with van der Waals surface area (Å²) in [5.41, 5.74) is 6.90. The van der Waals surface area contributed by atoms with Gasteiger partial charge in [-0.15, -0.1) is 0 Å². The third-order valence-electron chi connectivity index (χ3n) is 2.88. The van der Waals surface area contributed by atoms with Crippen LogP contribution in [0.5, 0.6) is 0 Å². The van der Waals surface area contributed by atoms with E-state index in [4.69, 9.17) is 10.5 Å². The van der Waals surface area contributed by atoms with E-state index < -0.39 is 0 Å². The maximum atomic E-state index is 5.88. The second-order valence-corrected chi connectivity index (χ2v) is 4.58. The van der Waals surface area contributed by atoms with E-state index in [2.05, 4.69) is 29.1 Å². The molecule has 1 heterocycles. The van der Waals surface area contributed by atoms with Gasteiger partial charge in [-0.25, -0.2) is 9.97 Å². The molecule has 0 aliphatic rings. The molecule has 0 bridgehead atoms. The van der Waals surface area contributed by atoms with Gasteiger partial charge in [0, 0.05) is 25.3 Å². The molecule has 0 aromatic carbocycles. The van der Waals surface area contributed by atoms with Crippen LogP contribution in [0.3, 0.4) is 0 Å². The summed E-state index contributed by atoms with van der Waals surface area (Å²) >= 11 is 0. The first kappa shape index (κ1) is 15.7. The summed E-state index contributed by atoms with van der Waals surface area (Å²) in [5, 5.41) is 3.32. The number of hydrogen-bond acceptors (Lipinski definition) is 5. The predicted octanol–water partition coefficient (Wildman–Crippen LogP) is 2.63. The molecule has 3 N–H and O–H groups in total. The highest BCUT2D eigenvalue weighted by atomic mass is 16.5. The minimum absolute atomic E-state index is 0.582. The van der Waals surface area contributed by atoms with Crippen LogP contribution >= 0.6 is 0 Å². The SMILES string of the molecule is CCCCOCCCNc1ncnc(N)c1CCC. The Bertz CT molecular complexity index is 357. The molecule has 5 nitrogen and oxygen atoms in total. The van der Waals surface area contributed by atoms with E-state index in [-0.39, 0.29) is 0 Å². The average Bonchev–Trinajstić information content (AvgIpc) is 2.41. The van der Waals surface area contributed by atoms with Crippen molar-refractivity contribution in [3.8, 4) is 0 Å². The summed E-state index contributed by atoms with van der Waals surface area (Å²) < 4.78 is 5.52. The molecular weight excluding hydrogens is 240 g/mol. The molecule has 1 aromatic heterocycles. The number of anilines is 2. The van der Waals surface area contributed by atoms with Gasteiger partial charge in [0.05, 0.1) is 0 Å². The van der Waals surface area contributed by atoms with Crippen LogP contribution < -0.4 is 11.1 Å². The number of unbranched alkanes of at least 4 members (excludes halogenated alkanes) is 1. The summed E-state index contributed by atoms with van der Waals surface area (Å²) in [6, 6.07) is 0. The molecule has 0 saturated heterocycles. The van der Waals surface area contributed by atoms with Crippen molar-refractivity contribution in [2.24, 2.45) is 0 Å². The third kappa shape index (κ3) is 5.87. The van der Waals surface area contributed by atoms with E-state index in [1.165, 1.54) is 12.7 Å². The molecule has 1 aromatic rings. The molecule has 0 radical (unpaired) electrons. The molecule has 0 aliphatic carbocycles. The summed E-state index contributed by atoms with van der Waals surface area (Å²) in [6.45, 7) is 6.78. The van der Waals surface area contributed by atoms with Gasteiger partial charge in [-0.1, -0.05) is 26.7 Å². The highest BCUT2D eigenvalue weighted by Crippen LogP contribution is 2.18. The number of aromatic nitrogens is 2. The van der Waals surface area contributed by atoms with Gasteiger partial charge in [0.15, 0.2) is 0 Å². The number of ether oxygens (including phenoxy) is 1. The first-order chi connectivity index (χ1) is 9.29. The fourth-order valence-corrected chi connectivity index (χ4v) is 1.80. The van der Waals surface area contributed by atoms with Crippen molar-refractivity contribution in [2.45, 2.75) is 46.0 Å². The number of nitrogen functional groups attached to an aromatic ring is 1. The topological polar surface area (TPSA) is 73.1 Å². The van der Waals surface area contributed by atoms with Crippen molar-refractivity contribution in [3.63, 3.8) is 0 Å². The van der Waals surface area contributed by atoms with Crippen LogP contribution in [0.1, 0.15) is 45.1 Å². The highest BCUT2D eigenvalue weighted by molar-refractivity contribution is 5.54. The maximum Gasteiger partial charge on any atom is 0.134 e. The zero-order valence-corrected chi connectivity index (χ0v) is 12.1. The van der Waals surface area contributed by atoms with Crippen molar-refractivity contribution in [1.82, 2.24) is 9.97 Å². The van der Waals surface area contributed by atoms with Crippen LogP contribution in [0.15, 0.2) is 6.33 Å². The largest absolute Gasteiger partial charge is 0.383 e. The number of hydrogen-bond donors (Lipinski definition) is 2. The quantitative estimate of drug-likeness (QED) is 0.637. The molecule has 1 rings (SSSR count). The fraction of sp³-hybridized carbons (Fsp3) is 0.714. The smallest absolute Gasteiger partial charge is 0.134 e. The molecule has 19 heavy (non-hydrogen) atoms. The number of nitrogens with zero attached hydrogens (tertiary/aromatic N) is 2. The molecule has 0 amide bonds. The third-order valence-corrected chi connectivity index (χ3v) is 2.88. The summed E-state index contributed by atoms with van der Waals surface area (Å²) in [4.78, 5) is 8.30. The monoisotopic (exact) mass is 266 g/mol. The van der Waals surface area contributed by atoms with Gasteiger partial charge in [0.1, 0.15) is 18.0 Å². The Morgan fingerprint density at radius 2 is 1.95 bits per heavy atom. The first-order valence-corrected chi connectivity index (χ1v) is 7.20. The molecule has 0 unspecified atom stereocenters. The Labute approximate surface area is 116 Å². The lowest BCUT2D eigenvalue weighted by atomic mass is 10.1. The van der Waals surface area contributed by atoms with Crippen molar-refractivity contribution in [2.75, 3.05) is 30.8 Å². The average molecular weight is 266 g/mol. The van der Waals surface area contributed by atoms with Crippen LogP contribution in [0.2, 0.25) is 0 Å². The van der Waals surface area contributed by atoms with Crippen molar-refractivity contribution in [3.05, 3.63) is 11.9 Å². The Hall–Kier alpha value is -1.36. The molecule has 0 saturated carbocycles. The van der Waals surface area contributed by atoms with E-state index in [0.717, 1.165) is 56.8 Å². The van der Waals surface area contributed by atoms with Crippen molar-refractivity contribution in [1.29, 1.82) is 0 Å². The van der Waals surface area contributed by atoms with E-state index in [1.807, 2.05) is 0 Å². The number of nitrogens with one attached hydrogen (secondary N) is 1. The van der Waals surface area contributed by atoms with Gasteiger partial charge >= 0.3 is 0 Å². The maximum absolute atomic E-state index is 5.88. The summed E-state index contributed by atoms with van der Waals surface area (Å²) in [7, 11) is 0. The Balaban J connectivity index is 2.30. The van der Waals surface area contributed by atoms with Crippen LogP contribution in [-0.2, 0) is 11.2 Å². The van der Waals surface area contributed by atoms with Gasteiger partial charge < -0.3 is 15.8 Å². The van der Waals surface area contributed by atoms with Gasteiger partial charge in [-0.2, -0.15) is 0 Å². The molecule has 108 valence electrons. The lowest BCUT2D eigenvalue weighted by Crippen LogP contribution is -2.11. The summed E-state index contributed by atoms with van der Waals surface area (Å²) in [6.07, 6.45) is 6.73. The summed E-state index contributed by atoms with van der Waals surface area (Å²) in [5.74, 6) is 1.45. The lowest BCUT2D eigenvalue weighted by Gasteiger charge is -2.11. The van der Waals surface area contributed by atoms with E-state index in [1.54, 1.807) is 0 Å². The van der Waals surface area contributed by atoms with Crippen molar-refractivity contribution < 1.29 is 4.74 Å². The van der Waals surface area contributed by atoms with Gasteiger partial charge in [0.25, 0.3) is 0 Å². The molecule has 0 atom stereocenters. The van der Waals surface area contributed by atoms with E-state index in [9.17, 15) is 0 Å². The second kappa shape index (κ2) is 9.55. The molecular formula is C14H26N4O. The Morgan fingerprint density at radius 1 is 1.16 bits per heavy atom. The van der Waals surface area contributed by atoms with E-state index in [0.29, 0.717) is 5.82 Å². The van der Waals surface area contributed by atoms with Crippen LogP contribution in [0.25, 0.3) is 0 Å². The predicted molar refractivity (Wildman–Crippen MR) is 79.3 cm³/mol. The van der Waals surface area contributed by atoms with Gasteiger partial charge in [-0.05, 0) is 19.3 Å². The molecule has 5 heteroatoms. The molecule has 0 aliphatic heterocycles.